The zero-order valence-electron chi connectivity index (χ0n) is 29.0. The second-order valence-corrected chi connectivity index (χ2v) is 12.1. The molecule has 0 atom stereocenters. The molecule has 0 aromatic carbocycles. The topological polar surface area (TPSA) is 141 Å². The van der Waals surface area contributed by atoms with E-state index in [1.807, 2.05) is 0 Å². The summed E-state index contributed by atoms with van der Waals surface area (Å²) in [6, 6.07) is 0. The van der Waals surface area contributed by atoms with Gasteiger partial charge < -0.3 is 28.4 Å². The Morgan fingerprint density at radius 3 is 1.22 bits per heavy atom. The van der Waals surface area contributed by atoms with Crippen LogP contribution in [0.25, 0.3) is 0 Å². The lowest BCUT2D eigenvalue weighted by atomic mass is 9.92. The molecule has 0 N–H and O–H groups in total. The fourth-order valence-electron chi connectivity index (χ4n) is 4.77. The molecule has 0 aromatic heterocycles. The maximum atomic E-state index is 12.4. The Balaban J connectivity index is 4.36. The number of esters is 4. The molecule has 0 radical (unpaired) electrons. The van der Waals surface area contributed by atoms with Crippen LogP contribution < -0.4 is 0 Å². The van der Waals surface area contributed by atoms with Crippen molar-refractivity contribution in [2.45, 2.75) is 142 Å². The third kappa shape index (κ3) is 26.5. The molecule has 0 rings (SSSR count). The van der Waals surface area contributed by atoms with Crippen LogP contribution in [0.2, 0.25) is 0 Å². The van der Waals surface area contributed by atoms with Gasteiger partial charge in [0, 0.05) is 32.8 Å². The Morgan fingerprint density at radius 2 is 0.848 bits per heavy atom. The van der Waals surface area contributed by atoms with Crippen LogP contribution in [0.15, 0.2) is 0 Å². The summed E-state index contributed by atoms with van der Waals surface area (Å²) in [6.45, 7) is 4.71. The lowest BCUT2D eigenvalue weighted by Gasteiger charge is -2.30. The van der Waals surface area contributed by atoms with E-state index in [0.29, 0.717) is 13.2 Å². The quantitative estimate of drug-likeness (QED) is 0.0318. The molecule has 0 saturated heterocycles. The SMILES string of the molecule is CCCCCCCCCOC(=O)CCCC(=O)OCC(COC)(COC=O)COC(=O)CCCC(=O)OCCCCCCCCC. The van der Waals surface area contributed by atoms with Crippen LogP contribution in [-0.4, -0.2) is 77.1 Å². The van der Waals surface area contributed by atoms with E-state index in [1.54, 1.807) is 0 Å². The maximum Gasteiger partial charge on any atom is 0.305 e. The van der Waals surface area contributed by atoms with Crippen molar-refractivity contribution in [2.75, 3.05) is 46.8 Å². The average molecular weight is 659 g/mol. The smallest absolute Gasteiger partial charge is 0.305 e. The standard InChI is InChI=1S/C35H62O11/c1-4-6-8-10-12-14-16-24-43-31(37)20-18-22-33(39)45-28-35(26-41-3,27-42-30-36)29-46-34(40)23-19-21-32(38)44-25-17-15-13-11-9-7-5-2/h30H,4-29H2,1-3H3. The summed E-state index contributed by atoms with van der Waals surface area (Å²) >= 11 is 0. The highest BCUT2D eigenvalue weighted by molar-refractivity contribution is 5.73. The number of hydrogen-bond donors (Lipinski definition) is 0. The van der Waals surface area contributed by atoms with Crippen molar-refractivity contribution in [1.82, 2.24) is 0 Å². The third-order valence-corrected chi connectivity index (χ3v) is 7.53. The minimum absolute atomic E-state index is 0.00102. The summed E-state index contributed by atoms with van der Waals surface area (Å²) in [5, 5.41) is 0. The van der Waals surface area contributed by atoms with E-state index in [9.17, 15) is 24.0 Å². The summed E-state index contributed by atoms with van der Waals surface area (Å²) in [4.78, 5) is 59.6. The molecule has 11 nitrogen and oxygen atoms in total. The number of unbranched alkanes of at least 4 members (excludes halogenated alkanes) is 12. The first kappa shape index (κ1) is 43.3. The second-order valence-electron chi connectivity index (χ2n) is 12.1. The first-order valence-electron chi connectivity index (χ1n) is 17.5. The molecule has 11 heteroatoms. The van der Waals surface area contributed by atoms with E-state index in [-0.39, 0.29) is 83.4 Å². The monoisotopic (exact) mass is 658 g/mol. The minimum atomic E-state index is -1.12. The Labute approximate surface area is 277 Å². The molecule has 0 amide bonds. The van der Waals surface area contributed by atoms with Gasteiger partial charge in [0.25, 0.3) is 6.47 Å². The molecule has 46 heavy (non-hydrogen) atoms. The van der Waals surface area contributed by atoms with E-state index in [1.165, 1.54) is 58.5 Å². The van der Waals surface area contributed by atoms with Gasteiger partial charge in [-0.1, -0.05) is 90.9 Å². The third-order valence-electron chi connectivity index (χ3n) is 7.53. The number of carbonyl (C=O) groups is 5. The summed E-state index contributed by atoms with van der Waals surface area (Å²) in [7, 11) is 1.43. The largest absolute Gasteiger partial charge is 0.467 e. The molecule has 0 aliphatic carbocycles. The normalized spacial score (nSPS) is 11.1. The Bertz CT molecular complexity index is 745. The molecule has 0 fully saturated rings. The van der Waals surface area contributed by atoms with Crippen molar-refractivity contribution in [1.29, 1.82) is 0 Å². The predicted molar refractivity (Wildman–Crippen MR) is 174 cm³/mol. The van der Waals surface area contributed by atoms with E-state index < -0.39 is 17.4 Å². The van der Waals surface area contributed by atoms with Crippen LogP contribution >= 0.6 is 0 Å². The first-order chi connectivity index (χ1) is 22.3. The van der Waals surface area contributed by atoms with Crippen LogP contribution in [0.3, 0.4) is 0 Å². The minimum Gasteiger partial charge on any atom is -0.467 e. The van der Waals surface area contributed by atoms with Gasteiger partial charge in [0.05, 0.1) is 25.2 Å². The number of methoxy groups -OCH3 is 1. The van der Waals surface area contributed by atoms with Crippen molar-refractivity contribution in [2.24, 2.45) is 5.41 Å². The van der Waals surface area contributed by atoms with Gasteiger partial charge in [-0.05, 0) is 25.7 Å². The molecule has 0 saturated carbocycles. The van der Waals surface area contributed by atoms with E-state index in [4.69, 9.17) is 28.4 Å². The van der Waals surface area contributed by atoms with Crippen LogP contribution in [-0.2, 0) is 52.4 Å². The fourth-order valence-corrected chi connectivity index (χ4v) is 4.77. The van der Waals surface area contributed by atoms with Gasteiger partial charge in [0.1, 0.15) is 19.8 Å². The highest BCUT2D eigenvalue weighted by Gasteiger charge is 2.35. The van der Waals surface area contributed by atoms with Gasteiger partial charge in [-0.15, -0.1) is 0 Å². The number of ether oxygens (including phenoxy) is 6. The summed E-state index contributed by atoms with van der Waals surface area (Å²) in [5.41, 5.74) is -1.12. The van der Waals surface area contributed by atoms with Crippen LogP contribution in [0.1, 0.15) is 142 Å². The van der Waals surface area contributed by atoms with Gasteiger partial charge in [-0.3, -0.25) is 24.0 Å². The highest BCUT2D eigenvalue weighted by atomic mass is 16.6. The lowest BCUT2D eigenvalue weighted by Crippen LogP contribution is -2.42. The van der Waals surface area contributed by atoms with Gasteiger partial charge >= 0.3 is 23.9 Å². The molecule has 0 aliphatic heterocycles. The average Bonchev–Trinajstić information content (AvgIpc) is 3.04. The molecule has 0 unspecified atom stereocenters. The Morgan fingerprint density at radius 1 is 0.478 bits per heavy atom. The van der Waals surface area contributed by atoms with E-state index in [2.05, 4.69) is 13.8 Å². The van der Waals surface area contributed by atoms with E-state index >= 15 is 0 Å². The molecule has 268 valence electrons. The number of rotatable bonds is 33. The Hall–Kier alpha value is -2.69. The molecule has 0 heterocycles. The first-order valence-corrected chi connectivity index (χ1v) is 17.5. The van der Waals surface area contributed by atoms with Crippen LogP contribution in [0.5, 0.6) is 0 Å². The molecular weight excluding hydrogens is 596 g/mol. The van der Waals surface area contributed by atoms with Crippen molar-refractivity contribution < 1.29 is 52.4 Å². The van der Waals surface area contributed by atoms with Gasteiger partial charge in [0.15, 0.2) is 0 Å². The van der Waals surface area contributed by atoms with Crippen molar-refractivity contribution >= 4 is 30.3 Å². The van der Waals surface area contributed by atoms with Crippen LogP contribution in [0, 0.1) is 5.41 Å². The van der Waals surface area contributed by atoms with Gasteiger partial charge in [-0.2, -0.15) is 0 Å². The predicted octanol–water partition coefficient (Wildman–Crippen LogP) is 6.81. The highest BCUT2D eigenvalue weighted by Crippen LogP contribution is 2.21. The van der Waals surface area contributed by atoms with Gasteiger partial charge in [0.2, 0.25) is 0 Å². The Kier molecular flexibility index (Phi) is 29.1. The van der Waals surface area contributed by atoms with Crippen molar-refractivity contribution in [3.63, 3.8) is 0 Å². The van der Waals surface area contributed by atoms with Crippen LogP contribution in [0.4, 0.5) is 0 Å². The van der Waals surface area contributed by atoms with Crippen molar-refractivity contribution in [3.05, 3.63) is 0 Å². The number of hydrogen-bond acceptors (Lipinski definition) is 11. The zero-order chi connectivity index (χ0) is 34.1. The molecular formula is C35H62O11. The molecule has 0 aromatic rings. The molecule has 0 spiro atoms. The number of carbonyl (C=O) groups excluding carboxylic acids is 5. The summed E-state index contributed by atoms with van der Waals surface area (Å²) in [6.07, 6.45) is 16.6. The lowest BCUT2D eigenvalue weighted by molar-refractivity contribution is -0.162. The maximum absolute atomic E-state index is 12.4. The molecule has 0 bridgehead atoms. The van der Waals surface area contributed by atoms with Gasteiger partial charge in [-0.25, -0.2) is 0 Å². The zero-order valence-corrected chi connectivity index (χ0v) is 29.0. The summed E-state index contributed by atoms with van der Waals surface area (Å²) in [5.74, 6) is -1.79. The fraction of sp³-hybridized carbons (Fsp3) is 0.857. The molecule has 0 aliphatic rings. The van der Waals surface area contributed by atoms with Crippen molar-refractivity contribution in [3.8, 4) is 0 Å². The second kappa shape index (κ2) is 30.9. The van der Waals surface area contributed by atoms with E-state index in [0.717, 1.165) is 38.5 Å². The summed E-state index contributed by atoms with van der Waals surface area (Å²) < 4.78 is 31.5.